The number of benzene rings is 4. The smallest absolute Gasteiger partial charge is 1.00 e. The summed E-state index contributed by atoms with van der Waals surface area (Å²) in [5.74, 6) is 0. The van der Waals surface area contributed by atoms with Crippen molar-refractivity contribution in [3.05, 3.63) is 159 Å². The van der Waals surface area contributed by atoms with Crippen LogP contribution in [0.15, 0.2) is 110 Å². The quantitative estimate of drug-likeness (QED) is 0.0517. The van der Waals surface area contributed by atoms with Crippen LogP contribution in [0.25, 0.3) is 0 Å². The Morgan fingerprint density at radius 3 is 1.63 bits per heavy atom. The van der Waals surface area contributed by atoms with Gasteiger partial charge in [0, 0.05) is 80.5 Å². The van der Waals surface area contributed by atoms with E-state index in [0.29, 0.717) is 21.2 Å². The van der Waals surface area contributed by atoms with E-state index in [0.717, 1.165) is 89.2 Å². The van der Waals surface area contributed by atoms with Crippen LogP contribution in [0.3, 0.4) is 0 Å². The summed E-state index contributed by atoms with van der Waals surface area (Å²) in [6.45, 7) is 9.23. The number of nitriles is 3. The standard InChI is InChI=1S/C22H20Cl2IN5.C17H15Cl2N3.C5H6BrIN2.C2H3N.CH2O3.2K.H/c23-18-4-2-17(3-5-18)22-15-28(7-9-29-14-19(25)13-27-29)8-10-30(22)21-6-1-16(12-26)11-20(21)24;18-14-4-2-13(3-5-14)17-11-21-7-8-22(17)16-6-1-12(10-20)9-15(16)19;6-1-2-9-4-5(7)3-8-9;1-2-3;2-1-4-3;;;/h1-6,11,13-14,22H,7-10,15H2;1-6,9,17,21H,7-8,11H2;3-4H,1-2H2;1H3;1,3H;;;/q;;;;;2*+1;-1/p-1/t22-;17-;;;;;;/m00....../s1. The van der Waals surface area contributed by atoms with Gasteiger partial charge in [0.25, 0.3) is 6.47 Å². The molecule has 2 fully saturated rings. The Hall–Kier alpha value is -0.907. The van der Waals surface area contributed by atoms with Gasteiger partial charge >= 0.3 is 103 Å². The second-order valence-corrected chi connectivity index (χ2v) is 19.5. The van der Waals surface area contributed by atoms with E-state index in [1.54, 1.807) is 18.2 Å². The first kappa shape index (κ1) is 65.2. The molecule has 2 atom stereocenters. The van der Waals surface area contributed by atoms with Crippen molar-refractivity contribution in [1.82, 2.24) is 29.8 Å². The number of anilines is 2. The minimum atomic E-state index is -0.181. The predicted molar refractivity (Wildman–Crippen MR) is 288 cm³/mol. The Bertz CT molecular complexity index is 2640. The molecule has 0 unspecified atom stereocenters. The first-order valence-corrected chi connectivity index (χ1v) is 25.5. The molecule has 1 N–H and O–H groups in total. The molecule has 0 spiro atoms. The normalized spacial score (nSPS) is 14.7. The van der Waals surface area contributed by atoms with Gasteiger partial charge in [0.1, 0.15) is 0 Å². The second kappa shape index (κ2) is 36.1. The van der Waals surface area contributed by atoms with Gasteiger partial charge in [-0.3, -0.25) is 19.1 Å². The maximum absolute atomic E-state index is 9.16. The molecule has 0 radical (unpaired) electrons. The third-order valence-electron chi connectivity index (χ3n) is 10.2. The number of alkyl halides is 1. The van der Waals surface area contributed by atoms with Crippen LogP contribution in [0, 0.1) is 41.1 Å². The number of rotatable bonds is 10. The van der Waals surface area contributed by atoms with Crippen LogP contribution in [0.5, 0.6) is 0 Å². The van der Waals surface area contributed by atoms with Crippen LogP contribution in [-0.2, 0) is 22.8 Å². The van der Waals surface area contributed by atoms with Crippen molar-refractivity contribution in [2.45, 2.75) is 32.1 Å². The van der Waals surface area contributed by atoms with Gasteiger partial charge in [-0.2, -0.15) is 26.0 Å². The van der Waals surface area contributed by atoms with Crippen molar-refractivity contribution in [2.24, 2.45) is 0 Å². The molecule has 2 aliphatic rings. The first-order chi connectivity index (χ1) is 32.9. The van der Waals surface area contributed by atoms with Gasteiger partial charge in [-0.05, 0) is 117 Å². The van der Waals surface area contributed by atoms with Gasteiger partial charge in [-0.1, -0.05) is 86.6 Å². The monoisotopic (exact) mass is 1360 g/mol. The molecule has 23 heteroatoms. The summed E-state index contributed by atoms with van der Waals surface area (Å²) in [6, 6.07) is 33.2. The molecule has 4 heterocycles. The van der Waals surface area contributed by atoms with Crippen LogP contribution in [0.2, 0.25) is 20.1 Å². The second-order valence-electron chi connectivity index (χ2n) is 14.5. The van der Waals surface area contributed by atoms with Gasteiger partial charge in [0.05, 0.1) is 95.5 Å². The number of carbonyl (C=O) groups excluding carboxylic acids is 1. The topological polar surface area (TPSA) is 178 Å². The van der Waals surface area contributed by atoms with Gasteiger partial charge in [0.15, 0.2) is 0 Å². The van der Waals surface area contributed by atoms with Crippen LogP contribution >= 0.6 is 108 Å². The van der Waals surface area contributed by atoms with E-state index in [2.05, 4.69) is 127 Å². The summed E-state index contributed by atoms with van der Waals surface area (Å²) in [5, 5.41) is 49.4. The van der Waals surface area contributed by atoms with E-state index in [9.17, 15) is 0 Å². The molecule has 8 rings (SSSR count). The Labute approximate surface area is 551 Å². The molecule has 0 saturated carbocycles. The Balaban J connectivity index is 0.000000537. The summed E-state index contributed by atoms with van der Waals surface area (Å²) in [5.41, 5.74) is 5.44. The zero-order valence-electron chi connectivity index (χ0n) is 39.5. The SMILES string of the molecule is BrCCn1cc(I)cn1.CC#N.N#Cc1ccc(N2CCN(CCn3cc(I)cn3)C[C@H]2c2ccc(Cl)cc2)c(Cl)c1.N#Cc1ccc(N2CCNC[C@H]2c2ccc(Cl)cc2)c(Cl)c1.O=CO[O-].[H-].[K+].[K+]. The van der Waals surface area contributed by atoms with Crippen LogP contribution in [-0.4, -0.2) is 82.1 Å². The molecule has 0 amide bonds. The third kappa shape index (κ3) is 21.7. The molecule has 6 aromatic rings. The Kier molecular flexibility index (Phi) is 33.7. The fourth-order valence-corrected chi connectivity index (χ4v) is 9.23. The van der Waals surface area contributed by atoms with E-state index in [-0.39, 0.29) is 123 Å². The van der Waals surface area contributed by atoms with Crippen molar-refractivity contribution in [3.8, 4) is 18.2 Å². The van der Waals surface area contributed by atoms with Crippen molar-refractivity contribution in [2.75, 3.05) is 60.9 Å². The molecule has 2 saturated heterocycles. The minimum absolute atomic E-state index is 0. The maximum Gasteiger partial charge on any atom is 1.00 e. The number of piperazine rings is 2. The van der Waals surface area contributed by atoms with Crippen molar-refractivity contribution >= 4 is 125 Å². The van der Waals surface area contributed by atoms with E-state index < -0.39 is 0 Å². The molecule has 2 aromatic heterocycles. The van der Waals surface area contributed by atoms with E-state index in [1.165, 1.54) is 21.6 Å². The van der Waals surface area contributed by atoms with Crippen LogP contribution < -0.4 is 123 Å². The molecular weight excluding hydrogens is 1320 g/mol. The van der Waals surface area contributed by atoms with Crippen molar-refractivity contribution < 1.29 is 119 Å². The average Bonchev–Trinajstić information content (AvgIpc) is 3.98. The Morgan fingerprint density at radius 1 is 0.757 bits per heavy atom. The molecule has 358 valence electrons. The third-order valence-corrected chi connectivity index (χ3v) is 12.8. The maximum atomic E-state index is 9.16. The summed E-state index contributed by atoms with van der Waals surface area (Å²) >= 11 is 32.9. The summed E-state index contributed by atoms with van der Waals surface area (Å²) < 4.78 is 6.24. The van der Waals surface area contributed by atoms with Crippen molar-refractivity contribution in [1.29, 1.82) is 15.8 Å². The van der Waals surface area contributed by atoms with Gasteiger partial charge < -0.3 is 26.7 Å². The number of aryl methyl sites for hydroxylation is 1. The summed E-state index contributed by atoms with van der Waals surface area (Å²) in [4.78, 5) is 18.3. The van der Waals surface area contributed by atoms with Crippen LogP contribution in [0.1, 0.15) is 42.7 Å². The molecule has 2 aliphatic heterocycles. The number of halogens is 7. The summed E-state index contributed by atoms with van der Waals surface area (Å²) in [7, 11) is 0. The number of carbonyl (C=O) groups is 1. The van der Waals surface area contributed by atoms with Gasteiger partial charge in [-0.15, -0.1) is 0 Å². The zero-order chi connectivity index (χ0) is 49.4. The number of aromatic nitrogens is 4. The van der Waals surface area contributed by atoms with Gasteiger partial charge in [0.2, 0.25) is 0 Å². The zero-order valence-corrected chi connectivity index (χ0v) is 53.7. The molecular formula is C47H46BrCl4I2K2N11O3. The number of hydrogen-bond acceptors (Lipinski definition) is 12. The molecule has 14 nitrogen and oxygen atoms in total. The van der Waals surface area contributed by atoms with Crippen molar-refractivity contribution in [3.63, 3.8) is 0 Å². The van der Waals surface area contributed by atoms with E-state index in [4.69, 9.17) is 72.2 Å². The molecule has 0 aliphatic carbocycles. The number of nitrogens with zero attached hydrogens (tertiary/aromatic N) is 10. The summed E-state index contributed by atoms with van der Waals surface area (Å²) in [6.07, 6.45) is 7.80. The fraction of sp³-hybridized carbons (Fsp3) is 0.277. The number of hydrogen-bond donors (Lipinski definition) is 1. The van der Waals surface area contributed by atoms with Crippen LogP contribution in [0.4, 0.5) is 11.4 Å². The number of nitrogens with one attached hydrogen (secondary N) is 1. The molecule has 4 aromatic carbocycles. The Morgan fingerprint density at radius 2 is 1.21 bits per heavy atom. The van der Waals surface area contributed by atoms with E-state index >= 15 is 0 Å². The fourth-order valence-electron chi connectivity index (χ4n) is 7.15. The average molecular weight is 1370 g/mol. The minimum Gasteiger partial charge on any atom is -1.00 e. The van der Waals surface area contributed by atoms with E-state index in [1.807, 2.05) is 88.6 Å². The first-order valence-electron chi connectivity index (χ1n) is 20.7. The predicted octanol–water partition coefficient (Wildman–Crippen LogP) is 4.21. The molecule has 0 bridgehead atoms. The molecule has 70 heavy (non-hydrogen) atoms. The van der Waals surface area contributed by atoms with Gasteiger partial charge in [-0.25, -0.2) is 0 Å². The largest absolute Gasteiger partial charge is 1.00 e.